The van der Waals surface area contributed by atoms with Crippen LogP contribution in [0.5, 0.6) is 0 Å². The Morgan fingerprint density at radius 2 is 2.78 bits per heavy atom. The van der Waals surface area contributed by atoms with Gasteiger partial charge >= 0.3 is 0 Å². The fourth-order valence-electron chi connectivity index (χ4n) is 0.705. The molecular formula is C6H13NO2. The van der Waals surface area contributed by atoms with Crippen LogP contribution in [-0.2, 0) is 4.74 Å². The highest BCUT2D eigenvalue weighted by molar-refractivity contribution is 4.66. The average molecular weight is 133 g/mol. The van der Waals surface area contributed by atoms with E-state index in [9.17, 15) is 0 Å². The van der Waals surface area contributed by atoms with Crippen molar-refractivity contribution < 1.29 is 12.6 Å². The van der Waals surface area contributed by atoms with E-state index in [1.165, 1.54) is 0 Å². The summed E-state index contributed by atoms with van der Waals surface area (Å²) in [6, 6.07) is -0.271. The number of nitrogens with one attached hydrogen (secondary N) is 1. The van der Waals surface area contributed by atoms with E-state index in [0.717, 1.165) is 0 Å². The van der Waals surface area contributed by atoms with Gasteiger partial charge in [-0.05, 0) is 12.9 Å². The van der Waals surface area contributed by atoms with Gasteiger partial charge in [0.15, 0.2) is 0 Å². The molecule has 1 rings (SSSR count). The molecule has 0 aromatic carbocycles. The van der Waals surface area contributed by atoms with Gasteiger partial charge in [-0.2, -0.15) is 0 Å². The molecule has 1 atom stereocenters. The molecule has 0 saturated carbocycles. The molecule has 0 radical (unpaired) electrons. The Morgan fingerprint density at radius 3 is 3.56 bits per heavy atom. The number of aliphatic hydroxyl groups is 1. The highest BCUT2D eigenvalue weighted by Crippen LogP contribution is 1.92. The maximum Gasteiger partial charge on any atom is 0.0642 e. The van der Waals surface area contributed by atoms with Gasteiger partial charge in [0, 0.05) is 9.35 Å². The Kier molecular flexibility index (Phi) is 1.98. The van der Waals surface area contributed by atoms with Crippen molar-refractivity contribution in [1.82, 2.24) is 5.32 Å². The predicted octanol–water partition coefficient (Wildman–Crippen LogP) is -0.643. The van der Waals surface area contributed by atoms with E-state index in [0.29, 0.717) is 19.6 Å². The molecule has 1 aliphatic rings. The van der Waals surface area contributed by atoms with Crippen molar-refractivity contribution in [3.63, 3.8) is 0 Å². The van der Waals surface area contributed by atoms with E-state index < -0.39 is 6.50 Å². The van der Waals surface area contributed by atoms with Crippen LogP contribution in [0.1, 0.15) is 9.16 Å². The molecule has 0 spiro atoms. The lowest BCUT2D eigenvalue weighted by Gasteiger charge is -2.09. The molecule has 54 valence electrons. The first kappa shape index (κ1) is 4.66. The first-order chi connectivity index (χ1) is 5.14. The molecule has 0 amide bonds. The van der Waals surface area contributed by atoms with Gasteiger partial charge in [0.05, 0.1) is 19.3 Å². The first-order valence-electron chi connectivity index (χ1n) is 4.10. The van der Waals surface area contributed by atoms with Gasteiger partial charge in [-0.25, -0.2) is 0 Å². The van der Waals surface area contributed by atoms with E-state index in [1.807, 2.05) is 0 Å². The van der Waals surface area contributed by atoms with E-state index >= 15 is 0 Å². The molecule has 0 aliphatic carbocycles. The molecule has 3 heteroatoms. The van der Waals surface area contributed by atoms with Crippen molar-refractivity contribution in [2.75, 3.05) is 26.3 Å². The lowest BCUT2D eigenvalue weighted by molar-refractivity contribution is 0.109. The lowest BCUT2D eigenvalue weighted by Crippen LogP contribution is -2.34. The number of hydrogen-bond donors (Lipinski definition) is 2. The number of aliphatic hydroxyl groups excluding tert-OH is 1. The predicted molar refractivity (Wildman–Crippen MR) is 34.3 cm³/mol. The zero-order valence-electron chi connectivity index (χ0n) is 7.26. The molecule has 1 aliphatic heterocycles. The topological polar surface area (TPSA) is 41.5 Å². The van der Waals surface area contributed by atoms with Crippen LogP contribution in [0.2, 0.25) is 0 Å². The smallest absolute Gasteiger partial charge is 0.0642 e. The third-order valence-corrected chi connectivity index (χ3v) is 1.22. The van der Waals surface area contributed by atoms with E-state index in [4.69, 9.17) is 12.6 Å². The minimum Gasteiger partial charge on any atom is -0.395 e. The molecule has 9 heavy (non-hydrogen) atoms. The van der Waals surface area contributed by atoms with Crippen LogP contribution in [0.15, 0.2) is 0 Å². The second kappa shape index (κ2) is 3.82. The summed E-state index contributed by atoms with van der Waals surface area (Å²) in [5.74, 6) is 0. The average Bonchev–Trinajstić information content (AvgIpc) is 2.10. The molecule has 2 N–H and O–H groups in total. The van der Waals surface area contributed by atoms with Gasteiger partial charge in [-0.15, -0.1) is 0 Å². The Bertz CT molecular complexity index is 132. The van der Waals surface area contributed by atoms with Crippen molar-refractivity contribution in [3.05, 3.63) is 0 Å². The van der Waals surface area contributed by atoms with E-state index in [1.54, 1.807) is 0 Å². The van der Waals surface area contributed by atoms with Crippen molar-refractivity contribution in [2.24, 2.45) is 0 Å². The molecule has 0 unspecified atom stereocenters. The largest absolute Gasteiger partial charge is 0.395 e. The molecule has 1 saturated heterocycles. The van der Waals surface area contributed by atoms with Crippen molar-refractivity contribution >= 4 is 0 Å². The molecule has 0 aromatic heterocycles. The maximum atomic E-state index is 8.74. The first-order valence-corrected chi connectivity index (χ1v) is 3.10. The van der Waals surface area contributed by atoms with Gasteiger partial charge in [-0.3, -0.25) is 0 Å². The summed E-state index contributed by atoms with van der Waals surface area (Å²) in [4.78, 5) is 0. The molecule has 0 bridgehead atoms. The molecule has 1 heterocycles. The quantitative estimate of drug-likeness (QED) is 0.500. The SMILES string of the molecule is [2H]C1([2H])CCOC[C@@H](CO)N1. The number of ether oxygens (including phenoxy) is 1. The molecule has 0 aromatic rings. The standard InChI is InChI=1S/C6H13NO2/c8-4-6-5-9-3-1-2-7-6/h6-8H,1-5H2/t6-/m1/s1/i2D2. The fourth-order valence-corrected chi connectivity index (χ4v) is 0.705. The van der Waals surface area contributed by atoms with Gasteiger partial charge in [-0.1, -0.05) is 0 Å². The monoisotopic (exact) mass is 133 g/mol. The molecule has 1 fully saturated rings. The van der Waals surface area contributed by atoms with Crippen molar-refractivity contribution in [3.8, 4) is 0 Å². The van der Waals surface area contributed by atoms with E-state index in [2.05, 4.69) is 5.32 Å². The highest BCUT2D eigenvalue weighted by Gasteiger charge is 2.08. The zero-order valence-corrected chi connectivity index (χ0v) is 5.26. The van der Waals surface area contributed by atoms with Crippen molar-refractivity contribution in [2.45, 2.75) is 12.5 Å². The van der Waals surface area contributed by atoms with Gasteiger partial charge < -0.3 is 15.2 Å². The van der Waals surface area contributed by atoms with Crippen LogP contribution in [0.25, 0.3) is 0 Å². The summed E-state index contributed by atoms with van der Waals surface area (Å²) in [6.45, 7) is -0.685. The summed E-state index contributed by atoms with van der Waals surface area (Å²) in [5, 5.41) is 11.4. The van der Waals surface area contributed by atoms with Crippen LogP contribution < -0.4 is 5.32 Å². The Morgan fingerprint density at radius 1 is 1.89 bits per heavy atom. The Balaban J connectivity index is 2.47. The minimum atomic E-state index is -1.40. The van der Waals surface area contributed by atoms with Crippen LogP contribution in [0.3, 0.4) is 0 Å². The number of rotatable bonds is 1. The van der Waals surface area contributed by atoms with Gasteiger partial charge in [0.25, 0.3) is 0 Å². The van der Waals surface area contributed by atoms with Gasteiger partial charge in [0.1, 0.15) is 0 Å². The Hall–Kier alpha value is -0.120. The third-order valence-electron chi connectivity index (χ3n) is 1.22. The lowest BCUT2D eigenvalue weighted by atomic mass is 10.3. The van der Waals surface area contributed by atoms with Crippen LogP contribution in [0.4, 0.5) is 0 Å². The molecule has 3 nitrogen and oxygen atoms in total. The third kappa shape index (κ3) is 2.30. The summed E-state index contributed by atoms with van der Waals surface area (Å²) in [7, 11) is 0. The maximum absolute atomic E-state index is 8.74. The summed E-state index contributed by atoms with van der Waals surface area (Å²) in [5.41, 5.74) is 0. The number of hydrogen-bond acceptors (Lipinski definition) is 3. The summed E-state index contributed by atoms with van der Waals surface area (Å²) < 4.78 is 19.8. The fraction of sp³-hybridized carbons (Fsp3) is 1.00. The van der Waals surface area contributed by atoms with Gasteiger partial charge in [0.2, 0.25) is 0 Å². The second-order valence-electron chi connectivity index (χ2n) is 2.03. The summed E-state index contributed by atoms with van der Waals surface area (Å²) >= 11 is 0. The molecular weight excluding hydrogens is 118 g/mol. The van der Waals surface area contributed by atoms with Crippen LogP contribution in [-0.4, -0.2) is 37.5 Å². The van der Waals surface area contributed by atoms with Crippen LogP contribution >= 0.6 is 0 Å². The Labute approximate surface area is 57.8 Å². The van der Waals surface area contributed by atoms with E-state index in [-0.39, 0.29) is 12.6 Å². The second-order valence-corrected chi connectivity index (χ2v) is 2.03. The highest BCUT2D eigenvalue weighted by atomic mass is 16.5. The normalized spacial score (nSPS) is 38.6. The zero-order chi connectivity index (χ0) is 8.32. The minimum absolute atomic E-state index is 0.0838. The van der Waals surface area contributed by atoms with Crippen LogP contribution in [0, 0.1) is 0 Å². The van der Waals surface area contributed by atoms with Crippen molar-refractivity contribution in [1.29, 1.82) is 0 Å². The summed E-state index contributed by atoms with van der Waals surface area (Å²) in [6.07, 6.45) is 0.337.